The van der Waals surface area contributed by atoms with E-state index in [1.165, 1.54) is 37.7 Å². The Morgan fingerprint density at radius 1 is 1.10 bits per heavy atom. The molecule has 3 fully saturated rings. The van der Waals surface area contributed by atoms with Crippen LogP contribution in [0.15, 0.2) is 42.9 Å². The maximum absolute atomic E-state index is 5.94. The summed E-state index contributed by atoms with van der Waals surface area (Å²) in [5.41, 5.74) is 2.36. The Hall–Kier alpha value is -1.92. The van der Waals surface area contributed by atoms with E-state index in [1.807, 2.05) is 12.3 Å². The van der Waals surface area contributed by atoms with Crippen molar-refractivity contribution >= 4 is 17.3 Å². The summed E-state index contributed by atoms with van der Waals surface area (Å²) in [4.78, 5) is 6.99. The number of pyridine rings is 1. The second-order valence-electron chi connectivity index (χ2n) is 8.60. The summed E-state index contributed by atoms with van der Waals surface area (Å²) in [5.74, 6) is 0. The van der Waals surface area contributed by atoms with Gasteiger partial charge < -0.3 is 19.5 Å². The van der Waals surface area contributed by atoms with Gasteiger partial charge in [-0.25, -0.2) is 0 Å². The fraction of sp³-hybridized carbons (Fsp3) is 0.565. The van der Waals surface area contributed by atoms with Gasteiger partial charge in [0, 0.05) is 37.8 Å². The van der Waals surface area contributed by atoms with Crippen molar-refractivity contribution in [3.05, 3.63) is 54.1 Å². The maximum atomic E-state index is 5.94. The van der Waals surface area contributed by atoms with Gasteiger partial charge in [-0.1, -0.05) is 25.3 Å². The van der Waals surface area contributed by atoms with Crippen molar-refractivity contribution in [3.63, 3.8) is 0 Å². The fourth-order valence-electron chi connectivity index (χ4n) is 5.18. The number of ether oxygens (including phenoxy) is 1. The summed E-state index contributed by atoms with van der Waals surface area (Å²) in [7, 11) is 0. The molecule has 3 aliphatic rings. The van der Waals surface area contributed by atoms with Gasteiger partial charge in [0.1, 0.15) is 0 Å². The first-order chi connectivity index (χ1) is 14.3. The molecule has 2 saturated heterocycles. The molecule has 4 heterocycles. The SMILES string of the molecule is S=C1N[C@H](c2ccccn2)[C@H](c2ccn(C3CCCCC3)c2)N1C[C@@H]1CCCO1. The van der Waals surface area contributed by atoms with Crippen LogP contribution in [0.1, 0.15) is 74.3 Å². The maximum Gasteiger partial charge on any atom is 0.170 e. The van der Waals surface area contributed by atoms with Crippen LogP contribution in [0.25, 0.3) is 0 Å². The number of rotatable bonds is 5. The van der Waals surface area contributed by atoms with Gasteiger partial charge in [0.25, 0.3) is 0 Å². The lowest BCUT2D eigenvalue weighted by Gasteiger charge is -2.29. The van der Waals surface area contributed by atoms with Gasteiger partial charge in [-0.2, -0.15) is 0 Å². The highest BCUT2D eigenvalue weighted by molar-refractivity contribution is 7.80. The average molecular weight is 411 g/mol. The highest BCUT2D eigenvalue weighted by Crippen LogP contribution is 2.40. The topological polar surface area (TPSA) is 42.3 Å². The number of hydrogen-bond donors (Lipinski definition) is 1. The van der Waals surface area contributed by atoms with Crippen molar-refractivity contribution in [2.24, 2.45) is 0 Å². The lowest BCUT2D eigenvalue weighted by atomic mass is 9.95. The summed E-state index contributed by atoms with van der Waals surface area (Å²) in [6.45, 7) is 1.71. The summed E-state index contributed by atoms with van der Waals surface area (Å²) >= 11 is 5.79. The highest BCUT2D eigenvalue weighted by atomic mass is 32.1. The molecule has 2 aliphatic heterocycles. The van der Waals surface area contributed by atoms with Gasteiger partial charge in [0.2, 0.25) is 0 Å². The van der Waals surface area contributed by atoms with Crippen LogP contribution in [0, 0.1) is 0 Å². The lowest BCUT2D eigenvalue weighted by molar-refractivity contribution is 0.0842. The van der Waals surface area contributed by atoms with Gasteiger partial charge in [0.05, 0.1) is 23.9 Å². The molecule has 154 valence electrons. The largest absolute Gasteiger partial charge is 0.376 e. The van der Waals surface area contributed by atoms with Crippen molar-refractivity contribution in [1.82, 2.24) is 19.8 Å². The Morgan fingerprint density at radius 2 is 2.00 bits per heavy atom. The average Bonchev–Trinajstić information content (AvgIpc) is 3.51. The molecular formula is C23H30N4OS. The highest BCUT2D eigenvalue weighted by Gasteiger charge is 2.41. The summed E-state index contributed by atoms with van der Waals surface area (Å²) in [6, 6.07) is 9.25. The normalized spacial score (nSPS) is 28.1. The minimum Gasteiger partial charge on any atom is -0.376 e. The zero-order valence-electron chi connectivity index (χ0n) is 16.9. The standard InChI is InChI=1S/C23H30N4OS/c29-23-25-21(20-10-4-5-12-24-20)22(27(23)16-19-9-6-14-28-19)17-11-13-26(15-17)18-7-2-1-3-8-18/h4-5,10-13,15,18-19,21-22H,1-3,6-9,14,16H2,(H,25,29)/t19-,21+,22-/m0/s1. The first kappa shape index (κ1) is 19.1. The third-order valence-electron chi connectivity index (χ3n) is 6.70. The Morgan fingerprint density at radius 3 is 2.76 bits per heavy atom. The van der Waals surface area contributed by atoms with E-state index < -0.39 is 0 Å². The summed E-state index contributed by atoms with van der Waals surface area (Å²) in [5, 5.41) is 4.37. The molecule has 0 spiro atoms. The summed E-state index contributed by atoms with van der Waals surface area (Å²) in [6.07, 6.45) is 15.7. The Kier molecular flexibility index (Phi) is 5.55. The van der Waals surface area contributed by atoms with Crippen LogP contribution in [0.2, 0.25) is 0 Å². The number of aromatic nitrogens is 2. The van der Waals surface area contributed by atoms with Crippen LogP contribution in [0.5, 0.6) is 0 Å². The first-order valence-electron chi connectivity index (χ1n) is 11.1. The van der Waals surface area contributed by atoms with Crippen molar-refractivity contribution in [2.75, 3.05) is 13.2 Å². The molecular weight excluding hydrogens is 380 g/mol. The second-order valence-corrected chi connectivity index (χ2v) is 8.98. The van der Waals surface area contributed by atoms with Gasteiger partial charge in [-0.3, -0.25) is 4.98 Å². The Balaban J connectivity index is 1.45. The number of thiocarbonyl (C=S) groups is 1. The van der Waals surface area contributed by atoms with Crippen LogP contribution in [-0.2, 0) is 4.74 Å². The van der Waals surface area contributed by atoms with E-state index in [9.17, 15) is 0 Å². The van der Waals surface area contributed by atoms with E-state index in [4.69, 9.17) is 17.0 Å². The smallest absolute Gasteiger partial charge is 0.170 e. The monoisotopic (exact) mass is 410 g/mol. The lowest BCUT2D eigenvalue weighted by Crippen LogP contribution is -2.36. The molecule has 5 rings (SSSR count). The van der Waals surface area contributed by atoms with Crippen LogP contribution in [-0.4, -0.2) is 38.8 Å². The quantitative estimate of drug-likeness (QED) is 0.733. The van der Waals surface area contributed by atoms with Crippen molar-refractivity contribution in [3.8, 4) is 0 Å². The molecule has 1 saturated carbocycles. The van der Waals surface area contributed by atoms with Gasteiger partial charge in [-0.05, 0) is 61.7 Å². The molecule has 0 aromatic carbocycles. The molecule has 1 N–H and O–H groups in total. The zero-order chi connectivity index (χ0) is 19.6. The molecule has 3 atom stereocenters. The predicted octanol–water partition coefficient (Wildman–Crippen LogP) is 4.54. The molecule has 0 unspecified atom stereocenters. The first-order valence-corrected chi connectivity index (χ1v) is 11.5. The number of hydrogen-bond acceptors (Lipinski definition) is 3. The van der Waals surface area contributed by atoms with Crippen molar-refractivity contribution in [2.45, 2.75) is 69.2 Å². The Labute approximate surface area is 178 Å². The molecule has 0 radical (unpaired) electrons. The molecule has 0 amide bonds. The molecule has 2 aromatic rings. The van der Waals surface area contributed by atoms with E-state index in [-0.39, 0.29) is 18.2 Å². The summed E-state index contributed by atoms with van der Waals surface area (Å²) < 4.78 is 8.38. The van der Waals surface area contributed by atoms with E-state index in [0.29, 0.717) is 6.04 Å². The number of nitrogens with one attached hydrogen (secondary N) is 1. The molecule has 2 aromatic heterocycles. The second kappa shape index (κ2) is 8.44. The molecule has 5 nitrogen and oxygen atoms in total. The molecule has 6 heteroatoms. The van der Waals surface area contributed by atoms with Gasteiger partial charge >= 0.3 is 0 Å². The van der Waals surface area contributed by atoms with E-state index in [0.717, 1.165) is 36.8 Å². The zero-order valence-corrected chi connectivity index (χ0v) is 17.7. The van der Waals surface area contributed by atoms with Crippen LogP contribution >= 0.6 is 12.2 Å². The molecule has 0 bridgehead atoms. The Bertz CT molecular complexity index is 826. The fourth-order valence-corrected chi connectivity index (χ4v) is 5.50. The van der Waals surface area contributed by atoms with E-state index >= 15 is 0 Å². The van der Waals surface area contributed by atoms with E-state index in [2.05, 4.69) is 50.4 Å². The molecule has 29 heavy (non-hydrogen) atoms. The third-order valence-corrected chi connectivity index (χ3v) is 7.05. The number of nitrogens with zero attached hydrogens (tertiary/aromatic N) is 3. The van der Waals surface area contributed by atoms with E-state index in [1.54, 1.807) is 0 Å². The van der Waals surface area contributed by atoms with Crippen LogP contribution < -0.4 is 5.32 Å². The van der Waals surface area contributed by atoms with Crippen molar-refractivity contribution < 1.29 is 4.74 Å². The third kappa shape index (κ3) is 3.92. The van der Waals surface area contributed by atoms with Crippen molar-refractivity contribution in [1.29, 1.82) is 0 Å². The van der Waals surface area contributed by atoms with Gasteiger partial charge in [-0.15, -0.1) is 0 Å². The predicted molar refractivity (Wildman–Crippen MR) is 118 cm³/mol. The van der Waals surface area contributed by atoms with Crippen LogP contribution in [0.4, 0.5) is 0 Å². The van der Waals surface area contributed by atoms with Crippen LogP contribution in [0.3, 0.4) is 0 Å². The minimum absolute atomic E-state index is 0.0623. The molecule has 1 aliphatic carbocycles. The van der Waals surface area contributed by atoms with Gasteiger partial charge in [0.15, 0.2) is 5.11 Å². The minimum atomic E-state index is 0.0623.